The summed E-state index contributed by atoms with van der Waals surface area (Å²) in [5, 5.41) is 9.53. The largest absolute Gasteiger partial charge is 0.350 e. The van der Waals surface area contributed by atoms with Crippen LogP contribution >= 0.6 is 0 Å². The first-order valence-corrected chi connectivity index (χ1v) is 5.86. The molecule has 1 aromatic carbocycles. The molecule has 0 aliphatic heterocycles. The molecule has 0 amide bonds. The fourth-order valence-electron chi connectivity index (χ4n) is 2.16. The number of rotatable bonds is 2. The Hall–Kier alpha value is -2.20. The molecule has 90 valence electrons. The monoisotopic (exact) mass is 238 g/mol. The molecule has 0 atom stereocenters. The zero-order chi connectivity index (χ0) is 12.5. The van der Waals surface area contributed by atoms with Gasteiger partial charge in [0.05, 0.1) is 11.4 Å². The molecule has 0 bridgehead atoms. The Labute approximate surface area is 105 Å². The average molecular weight is 238 g/mol. The maximum Gasteiger partial charge on any atom is 0.0951 e. The number of benzene rings is 1. The van der Waals surface area contributed by atoms with Gasteiger partial charge in [-0.25, -0.2) is 0 Å². The van der Waals surface area contributed by atoms with Crippen LogP contribution in [0.2, 0.25) is 0 Å². The summed E-state index contributed by atoms with van der Waals surface area (Å²) in [5.74, 6) is 0. The van der Waals surface area contributed by atoms with Crippen molar-refractivity contribution in [2.45, 2.75) is 6.54 Å². The maximum absolute atomic E-state index is 5.53. The van der Waals surface area contributed by atoms with E-state index in [0.29, 0.717) is 6.54 Å². The summed E-state index contributed by atoms with van der Waals surface area (Å²) in [6.07, 6.45) is 2.08. The van der Waals surface area contributed by atoms with Crippen LogP contribution in [0.3, 0.4) is 0 Å². The Kier molecular flexibility index (Phi) is 2.57. The van der Waals surface area contributed by atoms with Crippen molar-refractivity contribution in [1.29, 1.82) is 0 Å². The number of hydrogen-bond acceptors (Lipinski definition) is 3. The van der Waals surface area contributed by atoms with Gasteiger partial charge in [0.1, 0.15) is 0 Å². The van der Waals surface area contributed by atoms with Crippen LogP contribution in [0.1, 0.15) is 5.69 Å². The van der Waals surface area contributed by atoms with Gasteiger partial charge < -0.3 is 10.3 Å². The molecule has 0 aliphatic rings. The minimum Gasteiger partial charge on any atom is -0.350 e. The number of aryl methyl sites for hydroxylation is 1. The quantitative estimate of drug-likeness (QED) is 0.743. The molecule has 0 unspecified atom stereocenters. The zero-order valence-electron chi connectivity index (χ0n) is 10.2. The molecule has 2 N–H and O–H groups in total. The van der Waals surface area contributed by atoms with Crippen LogP contribution in [0, 0.1) is 0 Å². The van der Waals surface area contributed by atoms with E-state index < -0.39 is 0 Å². The van der Waals surface area contributed by atoms with Gasteiger partial charge in [0.25, 0.3) is 0 Å². The smallest absolute Gasteiger partial charge is 0.0951 e. The molecule has 4 heteroatoms. The fraction of sp³-hybridized carbons (Fsp3) is 0.143. The van der Waals surface area contributed by atoms with E-state index in [9.17, 15) is 0 Å². The number of nitrogens with zero attached hydrogens (tertiary/aromatic N) is 3. The molecule has 18 heavy (non-hydrogen) atoms. The first kappa shape index (κ1) is 10.9. The maximum atomic E-state index is 5.53. The standard InChI is InChI=1S/C14H14N4/c1-18-9-12(11-4-2-3-5-14(11)18)13-7-6-10(8-15)16-17-13/h2-7,9H,8,15H2,1H3. The second-order valence-electron chi connectivity index (χ2n) is 4.28. The van der Waals surface area contributed by atoms with Crippen LogP contribution < -0.4 is 5.73 Å². The van der Waals surface area contributed by atoms with Crippen LogP contribution in [-0.4, -0.2) is 14.8 Å². The van der Waals surface area contributed by atoms with Crippen molar-refractivity contribution in [1.82, 2.24) is 14.8 Å². The number of hydrogen-bond donors (Lipinski definition) is 1. The molecule has 0 spiro atoms. The Morgan fingerprint density at radius 3 is 2.67 bits per heavy atom. The molecule has 0 saturated heterocycles. The van der Waals surface area contributed by atoms with Gasteiger partial charge >= 0.3 is 0 Å². The molecule has 2 aromatic heterocycles. The number of fused-ring (bicyclic) bond motifs is 1. The molecule has 0 radical (unpaired) electrons. The van der Waals surface area contributed by atoms with Gasteiger partial charge in [0.15, 0.2) is 0 Å². The Bertz CT molecular complexity index is 683. The van der Waals surface area contributed by atoms with E-state index in [-0.39, 0.29) is 0 Å². The Balaban J connectivity index is 2.18. The highest BCUT2D eigenvalue weighted by Gasteiger charge is 2.09. The van der Waals surface area contributed by atoms with Gasteiger partial charge in [-0.05, 0) is 18.2 Å². The van der Waals surface area contributed by atoms with E-state index >= 15 is 0 Å². The molecule has 2 heterocycles. The molecular weight excluding hydrogens is 224 g/mol. The van der Waals surface area contributed by atoms with Crippen molar-refractivity contribution in [3.05, 3.63) is 48.3 Å². The van der Waals surface area contributed by atoms with E-state index in [1.165, 1.54) is 10.9 Å². The van der Waals surface area contributed by atoms with Crippen LogP contribution in [0.5, 0.6) is 0 Å². The second kappa shape index (κ2) is 4.23. The lowest BCUT2D eigenvalue weighted by atomic mass is 10.1. The predicted molar refractivity (Wildman–Crippen MR) is 71.8 cm³/mol. The summed E-state index contributed by atoms with van der Waals surface area (Å²) in [6.45, 7) is 0.419. The van der Waals surface area contributed by atoms with Crippen molar-refractivity contribution in [3.63, 3.8) is 0 Å². The van der Waals surface area contributed by atoms with Gasteiger partial charge in [0.2, 0.25) is 0 Å². The van der Waals surface area contributed by atoms with E-state index in [1.54, 1.807) is 0 Å². The van der Waals surface area contributed by atoms with Gasteiger partial charge in [-0.2, -0.15) is 10.2 Å². The summed E-state index contributed by atoms with van der Waals surface area (Å²) in [7, 11) is 2.04. The molecule has 0 saturated carbocycles. The number of aromatic nitrogens is 3. The summed E-state index contributed by atoms with van der Waals surface area (Å²) in [6, 6.07) is 12.2. The first-order valence-electron chi connectivity index (χ1n) is 5.86. The van der Waals surface area contributed by atoms with Crippen LogP contribution in [0.15, 0.2) is 42.6 Å². The van der Waals surface area contributed by atoms with Gasteiger partial charge in [-0.15, -0.1) is 0 Å². The molecule has 3 rings (SSSR count). The molecule has 0 fully saturated rings. The van der Waals surface area contributed by atoms with E-state index in [0.717, 1.165) is 17.0 Å². The van der Waals surface area contributed by atoms with Gasteiger partial charge in [-0.3, -0.25) is 0 Å². The minimum atomic E-state index is 0.419. The third-order valence-electron chi connectivity index (χ3n) is 3.10. The highest BCUT2D eigenvalue weighted by molar-refractivity contribution is 5.94. The molecule has 4 nitrogen and oxygen atoms in total. The number of para-hydroxylation sites is 1. The summed E-state index contributed by atoms with van der Waals surface area (Å²) < 4.78 is 2.10. The third kappa shape index (κ3) is 1.67. The normalized spacial score (nSPS) is 11.0. The first-order chi connectivity index (χ1) is 8.79. The SMILES string of the molecule is Cn1cc(-c2ccc(CN)nn2)c2ccccc21. The Morgan fingerprint density at radius 2 is 1.94 bits per heavy atom. The van der Waals surface area contributed by atoms with E-state index in [1.807, 2.05) is 31.3 Å². The van der Waals surface area contributed by atoms with Crippen molar-refractivity contribution >= 4 is 10.9 Å². The van der Waals surface area contributed by atoms with Crippen LogP contribution in [0.25, 0.3) is 22.2 Å². The topological polar surface area (TPSA) is 56.7 Å². The van der Waals surface area contributed by atoms with Crippen LogP contribution in [0.4, 0.5) is 0 Å². The summed E-state index contributed by atoms with van der Waals surface area (Å²) in [4.78, 5) is 0. The van der Waals surface area contributed by atoms with E-state index in [4.69, 9.17) is 5.73 Å². The Morgan fingerprint density at radius 1 is 1.11 bits per heavy atom. The fourth-order valence-corrected chi connectivity index (χ4v) is 2.16. The van der Waals surface area contributed by atoms with Crippen molar-refractivity contribution < 1.29 is 0 Å². The highest BCUT2D eigenvalue weighted by atomic mass is 15.1. The average Bonchev–Trinajstić information content (AvgIpc) is 2.77. The minimum absolute atomic E-state index is 0.419. The number of nitrogens with two attached hydrogens (primary N) is 1. The van der Waals surface area contributed by atoms with Gasteiger partial charge in [-0.1, -0.05) is 18.2 Å². The summed E-state index contributed by atoms with van der Waals surface area (Å²) in [5.41, 5.74) is 9.50. The van der Waals surface area contributed by atoms with E-state index in [2.05, 4.69) is 33.1 Å². The lowest BCUT2D eigenvalue weighted by Gasteiger charge is -1.99. The van der Waals surface area contributed by atoms with Crippen molar-refractivity contribution in [3.8, 4) is 11.3 Å². The predicted octanol–water partition coefficient (Wildman–Crippen LogP) is 2.09. The lowest BCUT2D eigenvalue weighted by Crippen LogP contribution is -2.01. The van der Waals surface area contributed by atoms with Gasteiger partial charge in [0, 0.05) is 36.3 Å². The molecule has 0 aliphatic carbocycles. The molecule has 3 aromatic rings. The third-order valence-corrected chi connectivity index (χ3v) is 3.10. The zero-order valence-corrected chi connectivity index (χ0v) is 10.2. The second-order valence-corrected chi connectivity index (χ2v) is 4.28. The molecular formula is C14H14N4. The highest BCUT2D eigenvalue weighted by Crippen LogP contribution is 2.28. The summed E-state index contributed by atoms with van der Waals surface area (Å²) >= 11 is 0. The lowest BCUT2D eigenvalue weighted by molar-refractivity contribution is 0.901. The van der Waals surface area contributed by atoms with Crippen molar-refractivity contribution in [2.75, 3.05) is 0 Å². The van der Waals surface area contributed by atoms with Crippen LogP contribution in [-0.2, 0) is 13.6 Å². The van der Waals surface area contributed by atoms with Crippen molar-refractivity contribution in [2.24, 2.45) is 12.8 Å².